The molecule has 5 rings (SSSR count). The van der Waals surface area contributed by atoms with Crippen LogP contribution in [0.1, 0.15) is 35.7 Å². The van der Waals surface area contributed by atoms with Crippen molar-refractivity contribution < 1.29 is 44.3 Å². The van der Waals surface area contributed by atoms with Crippen molar-refractivity contribution >= 4 is 17.7 Å². The number of hydrogen-bond acceptors (Lipinski definition) is 9. The Labute approximate surface area is 164 Å². The van der Waals surface area contributed by atoms with Crippen LogP contribution in [0, 0.1) is 5.92 Å². The van der Waals surface area contributed by atoms with E-state index in [0.29, 0.717) is 0 Å². The van der Waals surface area contributed by atoms with Crippen molar-refractivity contribution in [3.8, 4) is 5.75 Å². The van der Waals surface area contributed by atoms with Crippen LogP contribution in [0.3, 0.4) is 0 Å². The second-order valence-electron chi connectivity index (χ2n) is 8.17. The molecule has 1 spiro atoms. The largest absolute Gasteiger partial charge is 0.507 e. The molecule has 6 atom stereocenters. The first-order chi connectivity index (χ1) is 13.5. The number of ketones is 1. The summed E-state index contributed by atoms with van der Waals surface area (Å²) in [7, 11) is 0. The van der Waals surface area contributed by atoms with Crippen LogP contribution in [-0.4, -0.2) is 61.1 Å². The number of esters is 2. The SMILES string of the molecule is C[C@@H]1C[C@@]2(O)[C@@H](C(=O)O1)[C@]1(O)c3cccc(O)c3C(=O)[C@@]2(O)[C@@]12CC=CC(=O)O2. The van der Waals surface area contributed by atoms with E-state index in [1.54, 1.807) is 0 Å². The summed E-state index contributed by atoms with van der Waals surface area (Å²) < 4.78 is 10.6. The minimum Gasteiger partial charge on any atom is -0.507 e. The van der Waals surface area contributed by atoms with Gasteiger partial charge in [-0.3, -0.25) is 9.59 Å². The fraction of sp³-hybridized carbons (Fsp3) is 0.450. The molecule has 1 aromatic rings. The number of Topliss-reactive ketones (excluding diaryl/α,β-unsaturated/α-hetero) is 1. The van der Waals surface area contributed by atoms with Crippen LogP contribution in [0.2, 0.25) is 0 Å². The van der Waals surface area contributed by atoms with Crippen molar-refractivity contribution in [1.29, 1.82) is 0 Å². The number of fused-ring (bicyclic) bond motifs is 5. The first-order valence-electron chi connectivity index (χ1n) is 9.19. The Hall–Kier alpha value is -2.75. The zero-order valence-electron chi connectivity index (χ0n) is 15.3. The van der Waals surface area contributed by atoms with Gasteiger partial charge >= 0.3 is 11.9 Å². The summed E-state index contributed by atoms with van der Waals surface area (Å²) in [6.07, 6.45) is 0.762. The predicted octanol–water partition coefficient (Wildman–Crippen LogP) is -0.555. The number of carbonyl (C=O) groups is 3. The summed E-state index contributed by atoms with van der Waals surface area (Å²) in [6.45, 7) is 1.47. The molecule has 152 valence electrons. The smallest absolute Gasteiger partial charge is 0.331 e. The van der Waals surface area contributed by atoms with Crippen LogP contribution in [0.25, 0.3) is 0 Å². The van der Waals surface area contributed by atoms with Gasteiger partial charge in [-0.25, -0.2) is 4.79 Å². The Morgan fingerprint density at radius 1 is 1.14 bits per heavy atom. The fourth-order valence-corrected chi connectivity index (χ4v) is 5.84. The molecule has 9 nitrogen and oxygen atoms in total. The quantitative estimate of drug-likeness (QED) is 0.419. The van der Waals surface area contributed by atoms with E-state index in [1.807, 2.05) is 0 Å². The highest BCUT2D eigenvalue weighted by Crippen LogP contribution is 2.70. The molecular weight excluding hydrogens is 384 g/mol. The third-order valence-electron chi connectivity index (χ3n) is 6.82. The Kier molecular flexibility index (Phi) is 3.18. The molecule has 1 saturated carbocycles. The minimum absolute atomic E-state index is 0.220. The monoisotopic (exact) mass is 402 g/mol. The number of carbonyl (C=O) groups excluding carboxylic acids is 3. The molecule has 0 unspecified atom stereocenters. The lowest BCUT2D eigenvalue weighted by Gasteiger charge is -2.52. The van der Waals surface area contributed by atoms with Crippen molar-refractivity contribution in [3.63, 3.8) is 0 Å². The van der Waals surface area contributed by atoms with Crippen molar-refractivity contribution in [2.75, 3.05) is 0 Å². The van der Waals surface area contributed by atoms with Gasteiger partial charge in [0.25, 0.3) is 0 Å². The highest BCUT2D eigenvalue weighted by Gasteiger charge is 2.91. The molecule has 4 N–H and O–H groups in total. The summed E-state index contributed by atoms with van der Waals surface area (Å²) in [5.41, 5.74) is -11.0. The zero-order valence-corrected chi connectivity index (χ0v) is 15.3. The van der Waals surface area contributed by atoms with Crippen LogP contribution >= 0.6 is 0 Å². The lowest BCUT2D eigenvalue weighted by Crippen LogP contribution is -2.74. The van der Waals surface area contributed by atoms with Gasteiger partial charge in [0.15, 0.2) is 11.2 Å². The average molecular weight is 402 g/mol. The number of hydrogen-bond donors (Lipinski definition) is 4. The lowest BCUT2D eigenvalue weighted by atomic mass is 9.61. The molecule has 2 aliphatic carbocycles. The first-order valence-corrected chi connectivity index (χ1v) is 9.19. The topological polar surface area (TPSA) is 151 Å². The third kappa shape index (κ3) is 1.64. The van der Waals surface area contributed by atoms with Crippen LogP contribution in [0.4, 0.5) is 0 Å². The fourth-order valence-electron chi connectivity index (χ4n) is 5.84. The Bertz CT molecular complexity index is 1030. The average Bonchev–Trinajstić information content (AvgIpc) is 2.72. The van der Waals surface area contributed by atoms with E-state index in [9.17, 15) is 34.8 Å². The van der Waals surface area contributed by atoms with Crippen LogP contribution < -0.4 is 0 Å². The van der Waals surface area contributed by atoms with E-state index >= 15 is 0 Å². The number of aliphatic hydroxyl groups is 3. The molecule has 2 heterocycles. The number of ether oxygens (including phenoxy) is 2. The highest BCUT2D eigenvalue weighted by atomic mass is 16.6. The molecule has 0 amide bonds. The number of rotatable bonds is 0. The van der Waals surface area contributed by atoms with Crippen molar-refractivity contribution in [3.05, 3.63) is 41.5 Å². The Balaban J connectivity index is 1.96. The number of cyclic esters (lactones) is 1. The van der Waals surface area contributed by atoms with E-state index < -0.39 is 63.5 Å². The van der Waals surface area contributed by atoms with Crippen molar-refractivity contribution in [1.82, 2.24) is 0 Å². The second kappa shape index (κ2) is 5.05. The van der Waals surface area contributed by atoms with Crippen molar-refractivity contribution in [2.24, 2.45) is 5.92 Å². The number of aromatic hydroxyl groups is 1. The highest BCUT2D eigenvalue weighted by molar-refractivity contribution is 6.12. The minimum atomic E-state index is -2.90. The van der Waals surface area contributed by atoms with Crippen LogP contribution in [0.5, 0.6) is 5.75 Å². The van der Waals surface area contributed by atoms with Gasteiger partial charge in [-0.15, -0.1) is 0 Å². The molecule has 0 aromatic heterocycles. The molecule has 9 heteroatoms. The van der Waals surface area contributed by atoms with Gasteiger partial charge < -0.3 is 29.9 Å². The van der Waals surface area contributed by atoms with Crippen LogP contribution in [-0.2, 0) is 24.7 Å². The van der Waals surface area contributed by atoms with E-state index in [1.165, 1.54) is 31.2 Å². The molecule has 1 aromatic carbocycles. The molecule has 4 aliphatic rings. The van der Waals surface area contributed by atoms with Crippen LogP contribution in [0.15, 0.2) is 30.4 Å². The van der Waals surface area contributed by atoms with Gasteiger partial charge in [0, 0.05) is 24.5 Å². The number of phenolic OH excluding ortho intramolecular Hbond substituents is 1. The molecule has 2 bridgehead atoms. The van der Waals surface area contributed by atoms with Crippen molar-refractivity contribution in [2.45, 2.75) is 48.3 Å². The van der Waals surface area contributed by atoms with Gasteiger partial charge in [0.2, 0.25) is 11.4 Å². The lowest BCUT2D eigenvalue weighted by molar-refractivity contribution is -0.240. The molecule has 2 aliphatic heterocycles. The standard InChI is InChI=1S/C20H18O9/c1-9-8-17(25)14(16(24)28-9)19(26)10-4-2-5-11(21)13(10)15(23)20(17,27)18(19)7-3-6-12(22)29-18/h2-6,9,14,21,25-27H,7-8H2,1H3/t9-,14-,17-,18-,19-,20+/m1/s1. The maximum atomic E-state index is 13.6. The zero-order chi connectivity index (χ0) is 21.0. The normalized spacial score (nSPS) is 44.9. The van der Waals surface area contributed by atoms with Gasteiger partial charge in [-0.05, 0) is 13.0 Å². The van der Waals surface area contributed by atoms with E-state index in [-0.39, 0.29) is 18.4 Å². The molecule has 29 heavy (non-hydrogen) atoms. The first kappa shape index (κ1) is 18.3. The summed E-state index contributed by atoms with van der Waals surface area (Å²) in [4.78, 5) is 38.7. The van der Waals surface area contributed by atoms with Gasteiger partial charge in [0.05, 0.1) is 5.56 Å². The third-order valence-corrected chi connectivity index (χ3v) is 6.82. The molecule has 0 radical (unpaired) electrons. The number of phenols is 1. The van der Waals surface area contributed by atoms with Gasteiger partial charge in [-0.1, -0.05) is 18.2 Å². The van der Waals surface area contributed by atoms with E-state index in [0.717, 1.165) is 6.08 Å². The second-order valence-corrected chi connectivity index (χ2v) is 8.17. The summed E-state index contributed by atoms with van der Waals surface area (Å²) in [6, 6.07) is 3.81. The molecule has 2 fully saturated rings. The molecular formula is C20H18O9. The summed E-state index contributed by atoms with van der Waals surface area (Å²) in [5.74, 6) is -5.50. The summed E-state index contributed by atoms with van der Waals surface area (Å²) >= 11 is 0. The maximum absolute atomic E-state index is 13.6. The Morgan fingerprint density at radius 2 is 1.86 bits per heavy atom. The maximum Gasteiger partial charge on any atom is 0.331 e. The predicted molar refractivity (Wildman–Crippen MR) is 92.5 cm³/mol. The van der Waals surface area contributed by atoms with Gasteiger partial charge in [0.1, 0.15) is 23.4 Å². The Morgan fingerprint density at radius 3 is 2.55 bits per heavy atom. The van der Waals surface area contributed by atoms with E-state index in [4.69, 9.17) is 9.47 Å². The molecule has 1 saturated heterocycles. The van der Waals surface area contributed by atoms with E-state index in [2.05, 4.69) is 0 Å². The number of benzene rings is 1. The van der Waals surface area contributed by atoms with Gasteiger partial charge in [-0.2, -0.15) is 0 Å². The summed E-state index contributed by atoms with van der Waals surface area (Å²) in [5, 5.41) is 45.8.